The lowest BCUT2D eigenvalue weighted by Gasteiger charge is -2.24. The molecule has 0 saturated heterocycles. The molecule has 1 aromatic rings. The van der Waals surface area contributed by atoms with E-state index in [9.17, 15) is 5.11 Å². The maximum absolute atomic E-state index is 10.0. The fourth-order valence-electron chi connectivity index (χ4n) is 2.00. The third kappa shape index (κ3) is 6.89. The molecule has 0 fully saturated rings. The fraction of sp³-hybridized carbons (Fsp3) is 0.625. The number of nitrogens with zero attached hydrogens (tertiary/aromatic N) is 1. The van der Waals surface area contributed by atoms with Crippen molar-refractivity contribution in [3.05, 3.63) is 29.8 Å². The van der Waals surface area contributed by atoms with E-state index in [1.807, 2.05) is 31.2 Å². The molecule has 2 N–H and O–H groups in total. The fourth-order valence-corrected chi connectivity index (χ4v) is 2.00. The van der Waals surface area contributed by atoms with E-state index >= 15 is 0 Å². The minimum absolute atomic E-state index is 0.120. The van der Waals surface area contributed by atoms with Crippen LogP contribution in [0.3, 0.4) is 0 Å². The van der Waals surface area contributed by atoms with Crippen LogP contribution < -0.4 is 4.74 Å². The van der Waals surface area contributed by atoms with E-state index in [2.05, 4.69) is 11.8 Å². The van der Waals surface area contributed by atoms with Gasteiger partial charge < -0.3 is 14.9 Å². The molecule has 1 atom stereocenters. The van der Waals surface area contributed by atoms with Crippen LogP contribution in [-0.2, 0) is 0 Å². The third-order valence-electron chi connectivity index (χ3n) is 3.18. The van der Waals surface area contributed by atoms with Gasteiger partial charge in [0.15, 0.2) is 0 Å². The summed E-state index contributed by atoms with van der Waals surface area (Å²) in [5.41, 5.74) is 1.19. The summed E-state index contributed by atoms with van der Waals surface area (Å²) in [6.45, 7) is 6.59. The zero-order valence-corrected chi connectivity index (χ0v) is 12.6. The molecule has 1 rings (SSSR count). The van der Waals surface area contributed by atoms with Crippen molar-refractivity contribution in [1.29, 1.82) is 0 Å². The normalized spacial score (nSPS) is 12.7. The molecule has 20 heavy (non-hydrogen) atoms. The molecule has 0 aliphatic rings. The van der Waals surface area contributed by atoms with Crippen LogP contribution in [0.25, 0.3) is 0 Å². The van der Waals surface area contributed by atoms with E-state index in [1.54, 1.807) is 0 Å². The van der Waals surface area contributed by atoms with Crippen LogP contribution in [0.5, 0.6) is 5.75 Å². The van der Waals surface area contributed by atoms with Gasteiger partial charge in [-0.1, -0.05) is 31.0 Å². The van der Waals surface area contributed by atoms with Gasteiger partial charge in [0.05, 0.1) is 6.61 Å². The molecule has 0 amide bonds. The summed E-state index contributed by atoms with van der Waals surface area (Å²) in [5, 5.41) is 19.0. The first-order valence-corrected chi connectivity index (χ1v) is 7.36. The van der Waals surface area contributed by atoms with Gasteiger partial charge in [-0.25, -0.2) is 0 Å². The minimum atomic E-state index is -0.542. The highest BCUT2D eigenvalue weighted by molar-refractivity contribution is 5.26. The highest BCUT2D eigenvalue weighted by Crippen LogP contribution is 2.11. The van der Waals surface area contributed by atoms with Gasteiger partial charge in [-0.15, -0.1) is 0 Å². The predicted octanol–water partition coefficient (Wildman–Crippen LogP) is 1.83. The number of hydrogen-bond donors (Lipinski definition) is 2. The van der Waals surface area contributed by atoms with Crippen LogP contribution in [0.2, 0.25) is 0 Å². The Morgan fingerprint density at radius 2 is 1.90 bits per heavy atom. The number of rotatable bonds is 10. The van der Waals surface area contributed by atoms with Crippen molar-refractivity contribution in [2.45, 2.75) is 32.8 Å². The van der Waals surface area contributed by atoms with Crippen LogP contribution in [0.1, 0.15) is 25.3 Å². The van der Waals surface area contributed by atoms with Crippen molar-refractivity contribution in [2.24, 2.45) is 0 Å². The third-order valence-corrected chi connectivity index (χ3v) is 3.18. The molecule has 0 aliphatic carbocycles. The van der Waals surface area contributed by atoms with E-state index in [4.69, 9.17) is 9.84 Å². The van der Waals surface area contributed by atoms with Gasteiger partial charge in [-0.05, 0) is 32.0 Å². The largest absolute Gasteiger partial charge is 0.491 e. The molecular weight excluding hydrogens is 254 g/mol. The number of aliphatic hydroxyl groups excluding tert-OH is 2. The lowest BCUT2D eigenvalue weighted by Crippen LogP contribution is -2.37. The Morgan fingerprint density at radius 3 is 2.50 bits per heavy atom. The van der Waals surface area contributed by atoms with Crippen LogP contribution in [0.4, 0.5) is 0 Å². The average Bonchev–Trinajstić information content (AvgIpc) is 2.44. The Balaban J connectivity index is 2.32. The molecule has 4 nitrogen and oxygen atoms in total. The number of aryl methyl sites for hydroxylation is 1. The number of ether oxygens (including phenoxy) is 1. The van der Waals surface area contributed by atoms with Gasteiger partial charge in [0, 0.05) is 13.1 Å². The van der Waals surface area contributed by atoms with Crippen molar-refractivity contribution in [3.63, 3.8) is 0 Å². The van der Waals surface area contributed by atoms with E-state index in [-0.39, 0.29) is 13.2 Å². The summed E-state index contributed by atoms with van der Waals surface area (Å²) in [6.07, 6.45) is 1.64. The zero-order valence-electron chi connectivity index (χ0n) is 12.6. The van der Waals surface area contributed by atoms with Crippen LogP contribution >= 0.6 is 0 Å². The Labute approximate surface area is 122 Å². The summed E-state index contributed by atoms with van der Waals surface area (Å²) in [7, 11) is 0. The molecule has 1 unspecified atom stereocenters. The van der Waals surface area contributed by atoms with E-state index < -0.39 is 6.10 Å². The topological polar surface area (TPSA) is 52.9 Å². The second kappa shape index (κ2) is 9.75. The lowest BCUT2D eigenvalue weighted by molar-refractivity contribution is 0.0613. The van der Waals surface area contributed by atoms with Crippen LogP contribution in [0, 0.1) is 6.92 Å². The maximum atomic E-state index is 10.0. The second-order valence-electron chi connectivity index (χ2n) is 5.16. The van der Waals surface area contributed by atoms with Crippen molar-refractivity contribution < 1.29 is 14.9 Å². The summed E-state index contributed by atoms with van der Waals surface area (Å²) < 4.78 is 5.57. The maximum Gasteiger partial charge on any atom is 0.119 e. The van der Waals surface area contributed by atoms with Crippen molar-refractivity contribution >= 4 is 0 Å². The molecule has 0 aliphatic heterocycles. The first-order valence-electron chi connectivity index (χ1n) is 7.36. The van der Waals surface area contributed by atoms with Gasteiger partial charge in [0.2, 0.25) is 0 Å². The van der Waals surface area contributed by atoms with Crippen molar-refractivity contribution in [3.8, 4) is 5.75 Å². The molecule has 1 aromatic carbocycles. The van der Waals surface area contributed by atoms with Crippen molar-refractivity contribution in [1.82, 2.24) is 4.90 Å². The molecule has 114 valence electrons. The molecule has 0 bridgehead atoms. The molecule has 0 heterocycles. The number of benzene rings is 1. The van der Waals surface area contributed by atoms with Gasteiger partial charge in [-0.3, -0.25) is 4.90 Å². The summed E-state index contributed by atoms with van der Waals surface area (Å²) in [4.78, 5) is 2.08. The molecule has 0 spiro atoms. The summed E-state index contributed by atoms with van der Waals surface area (Å²) in [6, 6.07) is 7.79. The van der Waals surface area contributed by atoms with Gasteiger partial charge in [0.1, 0.15) is 18.5 Å². The average molecular weight is 281 g/mol. The first kappa shape index (κ1) is 17.0. The van der Waals surface area contributed by atoms with Gasteiger partial charge >= 0.3 is 0 Å². The molecule has 0 aromatic heterocycles. The number of aliphatic hydroxyl groups is 2. The minimum Gasteiger partial charge on any atom is -0.491 e. The van der Waals surface area contributed by atoms with Gasteiger partial charge in [-0.2, -0.15) is 0 Å². The van der Waals surface area contributed by atoms with Crippen LogP contribution in [0.15, 0.2) is 24.3 Å². The highest BCUT2D eigenvalue weighted by Gasteiger charge is 2.11. The summed E-state index contributed by atoms with van der Waals surface area (Å²) in [5.74, 6) is 0.775. The Bertz CT molecular complexity index is 353. The molecule has 0 radical (unpaired) electrons. The second-order valence-corrected chi connectivity index (χ2v) is 5.16. The Morgan fingerprint density at radius 1 is 1.20 bits per heavy atom. The van der Waals surface area contributed by atoms with Crippen LogP contribution in [-0.4, -0.2) is 54.1 Å². The number of hydrogen-bond acceptors (Lipinski definition) is 4. The number of unbranched alkanes of at least 4 members (excludes halogenated alkanes) is 1. The predicted molar refractivity (Wildman–Crippen MR) is 81.1 cm³/mol. The quantitative estimate of drug-likeness (QED) is 0.687. The first-order chi connectivity index (χ1) is 9.65. The standard InChI is InChI=1S/C16H27NO3/c1-3-4-9-17(10-11-18)12-15(19)13-20-16-7-5-14(2)6-8-16/h5-8,15,18-19H,3-4,9-13H2,1-2H3. The lowest BCUT2D eigenvalue weighted by atomic mass is 10.2. The Kier molecular flexibility index (Phi) is 8.26. The van der Waals surface area contributed by atoms with E-state index in [0.717, 1.165) is 25.1 Å². The van der Waals surface area contributed by atoms with E-state index in [0.29, 0.717) is 13.1 Å². The summed E-state index contributed by atoms with van der Waals surface area (Å²) >= 11 is 0. The molecule has 4 heteroatoms. The molecular formula is C16H27NO3. The zero-order chi connectivity index (χ0) is 14.8. The SMILES string of the molecule is CCCCN(CCO)CC(O)COc1ccc(C)cc1. The molecule has 0 saturated carbocycles. The smallest absolute Gasteiger partial charge is 0.119 e. The van der Waals surface area contributed by atoms with Crippen molar-refractivity contribution in [2.75, 3.05) is 32.8 Å². The highest BCUT2D eigenvalue weighted by atomic mass is 16.5. The Hall–Kier alpha value is -1.10. The monoisotopic (exact) mass is 281 g/mol. The van der Waals surface area contributed by atoms with Gasteiger partial charge in [0.25, 0.3) is 0 Å². The van der Waals surface area contributed by atoms with E-state index in [1.165, 1.54) is 5.56 Å².